The van der Waals surface area contributed by atoms with Gasteiger partial charge in [0.15, 0.2) is 5.69 Å². The number of aryl methyl sites for hydroxylation is 2. The summed E-state index contributed by atoms with van der Waals surface area (Å²) in [5.41, 5.74) is 2.93. The van der Waals surface area contributed by atoms with E-state index in [2.05, 4.69) is 28.9 Å². The summed E-state index contributed by atoms with van der Waals surface area (Å²) in [5.74, 6) is -0.488. The summed E-state index contributed by atoms with van der Waals surface area (Å²) < 4.78 is 8.46. The molecule has 2 aromatic rings. The molecule has 0 unspecified atom stereocenters. The predicted octanol–water partition coefficient (Wildman–Crippen LogP) is 1.27. The van der Waals surface area contributed by atoms with Crippen molar-refractivity contribution in [1.29, 1.82) is 0 Å². The van der Waals surface area contributed by atoms with Crippen LogP contribution in [-0.4, -0.2) is 37.4 Å². The van der Waals surface area contributed by atoms with Gasteiger partial charge in [0.05, 0.1) is 23.6 Å². The van der Waals surface area contributed by atoms with Gasteiger partial charge in [-0.05, 0) is 19.4 Å². The molecular weight excluding hydrogens is 270 g/mol. The lowest BCUT2D eigenvalue weighted by Crippen LogP contribution is -2.10. The highest BCUT2D eigenvalue weighted by Crippen LogP contribution is 2.10. The van der Waals surface area contributed by atoms with Crippen LogP contribution in [0, 0.1) is 6.92 Å². The summed E-state index contributed by atoms with van der Waals surface area (Å²) in [6.07, 6.45) is 2.39. The zero-order valence-electron chi connectivity index (χ0n) is 12.5. The Labute approximate surface area is 123 Å². The molecule has 0 atom stereocenters. The summed E-state index contributed by atoms with van der Waals surface area (Å²) >= 11 is 0. The third kappa shape index (κ3) is 3.18. The van der Waals surface area contributed by atoms with Crippen LogP contribution in [0.2, 0.25) is 0 Å². The molecule has 0 fully saturated rings. The molecule has 0 saturated carbocycles. The van der Waals surface area contributed by atoms with Crippen LogP contribution in [-0.2, 0) is 24.8 Å². The van der Waals surface area contributed by atoms with E-state index < -0.39 is 5.97 Å². The average Bonchev–Trinajstić information content (AvgIpc) is 3.01. The number of esters is 1. The van der Waals surface area contributed by atoms with Gasteiger partial charge in [0, 0.05) is 7.05 Å². The highest BCUT2D eigenvalue weighted by Gasteiger charge is 2.18. The van der Waals surface area contributed by atoms with Crippen molar-refractivity contribution in [1.82, 2.24) is 24.8 Å². The first-order valence-corrected chi connectivity index (χ1v) is 6.76. The Morgan fingerprint density at radius 2 is 2.29 bits per heavy atom. The molecule has 21 heavy (non-hydrogen) atoms. The van der Waals surface area contributed by atoms with E-state index >= 15 is 0 Å². The number of ether oxygens (including phenoxy) is 1. The first-order chi connectivity index (χ1) is 10.1. The Morgan fingerprint density at radius 3 is 2.90 bits per heavy atom. The SMILES string of the molecule is C=CCOC(=O)c1nnn(Cc2cc(CC)nn2C)c1C. The molecular formula is C14H19N5O2. The molecule has 0 spiro atoms. The normalized spacial score (nSPS) is 10.6. The van der Waals surface area contributed by atoms with Gasteiger partial charge in [-0.25, -0.2) is 9.48 Å². The zero-order chi connectivity index (χ0) is 15.4. The Kier molecular flexibility index (Phi) is 4.52. The fourth-order valence-electron chi connectivity index (χ4n) is 1.95. The third-order valence-electron chi connectivity index (χ3n) is 3.21. The highest BCUT2D eigenvalue weighted by atomic mass is 16.5. The molecule has 0 aromatic carbocycles. The number of nitrogens with zero attached hydrogens (tertiary/aromatic N) is 5. The molecule has 112 valence electrons. The van der Waals surface area contributed by atoms with Gasteiger partial charge < -0.3 is 4.74 Å². The third-order valence-corrected chi connectivity index (χ3v) is 3.21. The smallest absolute Gasteiger partial charge is 0.361 e. The second-order valence-electron chi connectivity index (χ2n) is 4.67. The molecule has 2 rings (SSSR count). The molecule has 0 aliphatic heterocycles. The van der Waals surface area contributed by atoms with Gasteiger partial charge in [0.1, 0.15) is 6.61 Å². The Hall–Kier alpha value is -2.44. The number of hydrogen-bond donors (Lipinski definition) is 0. The maximum absolute atomic E-state index is 11.8. The van der Waals surface area contributed by atoms with Gasteiger partial charge in [-0.1, -0.05) is 24.8 Å². The molecule has 0 aliphatic carbocycles. The van der Waals surface area contributed by atoms with E-state index in [0.29, 0.717) is 12.2 Å². The number of rotatable bonds is 6. The Balaban J connectivity index is 2.18. The van der Waals surface area contributed by atoms with E-state index in [1.54, 1.807) is 11.6 Å². The van der Waals surface area contributed by atoms with E-state index in [9.17, 15) is 4.79 Å². The number of hydrogen-bond acceptors (Lipinski definition) is 5. The van der Waals surface area contributed by atoms with Gasteiger partial charge in [0.25, 0.3) is 0 Å². The molecule has 0 radical (unpaired) electrons. The fourth-order valence-corrected chi connectivity index (χ4v) is 1.95. The van der Waals surface area contributed by atoms with Gasteiger partial charge >= 0.3 is 5.97 Å². The Bertz CT molecular complexity index is 656. The fraction of sp³-hybridized carbons (Fsp3) is 0.429. The van der Waals surface area contributed by atoms with Crippen LogP contribution < -0.4 is 0 Å². The molecule has 0 aliphatic rings. The van der Waals surface area contributed by atoms with Crippen molar-refractivity contribution in [3.8, 4) is 0 Å². The van der Waals surface area contributed by atoms with E-state index in [1.165, 1.54) is 6.08 Å². The lowest BCUT2D eigenvalue weighted by molar-refractivity contribution is 0.0542. The van der Waals surface area contributed by atoms with Crippen LogP contribution >= 0.6 is 0 Å². The van der Waals surface area contributed by atoms with Crippen LogP contribution in [0.1, 0.15) is 34.5 Å². The van der Waals surface area contributed by atoms with E-state index in [0.717, 1.165) is 17.8 Å². The zero-order valence-corrected chi connectivity index (χ0v) is 12.5. The maximum Gasteiger partial charge on any atom is 0.361 e. The van der Waals surface area contributed by atoms with E-state index in [1.807, 2.05) is 17.8 Å². The van der Waals surface area contributed by atoms with Crippen LogP contribution in [0.15, 0.2) is 18.7 Å². The van der Waals surface area contributed by atoms with Crippen LogP contribution in [0.5, 0.6) is 0 Å². The van der Waals surface area contributed by atoms with Crippen molar-refractivity contribution in [2.24, 2.45) is 7.05 Å². The van der Waals surface area contributed by atoms with Gasteiger partial charge in [-0.15, -0.1) is 5.10 Å². The van der Waals surface area contributed by atoms with Crippen molar-refractivity contribution in [2.75, 3.05) is 6.61 Å². The van der Waals surface area contributed by atoms with E-state index in [4.69, 9.17) is 4.74 Å². The highest BCUT2D eigenvalue weighted by molar-refractivity contribution is 5.88. The van der Waals surface area contributed by atoms with Crippen molar-refractivity contribution < 1.29 is 9.53 Å². The van der Waals surface area contributed by atoms with Crippen molar-refractivity contribution >= 4 is 5.97 Å². The second kappa shape index (κ2) is 6.34. The van der Waals surface area contributed by atoms with Crippen molar-refractivity contribution in [2.45, 2.75) is 26.8 Å². The van der Waals surface area contributed by atoms with Crippen LogP contribution in [0.25, 0.3) is 0 Å². The van der Waals surface area contributed by atoms with Crippen molar-refractivity contribution in [3.05, 3.63) is 41.5 Å². The summed E-state index contributed by atoms with van der Waals surface area (Å²) in [5, 5.41) is 12.3. The molecule has 0 amide bonds. The second-order valence-corrected chi connectivity index (χ2v) is 4.67. The molecule has 0 bridgehead atoms. The summed E-state index contributed by atoms with van der Waals surface area (Å²) in [4.78, 5) is 11.8. The average molecular weight is 289 g/mol. The van der Waals surface area contributed by atoms with Gasteiger partial charge in [-0.2, -0.15) is 5.10 Å². The molecule has 0 N–H and O–H groups in total. The summed E-state index contributed by atoms with van der Waals surface area (Å²) in [6, 6.07) is 2.02. The van der Waals surface area contributed by atoms with E-state index in [-0.39, 0.29) is 12.3 Å². The predicted molar refractivity (Wildman–Crippen MR) is 76.9 cm³/mol. The lowest BCUT2D eigenvalue weighted by atomic mass is 10.3. The number of carbonyl (C=O) groups is 1. The number of aromatic nitrogens is 5. The maximum atomic E-state index is 11.8. The minimum absolute atomic E-state index is 0.159. The summed E-state index contributed by atoms with van der Waals surface area (Å²) in [6.45, 7) is 8.02. The largest absolute Gasteiger partial charge is 0.457 e. The van der Waals surface area contributed by atoms with Crippen molar-refractivity contribution in [3.63, 3.8) is 0 Å². The van der Waals surface area contributed by atoms with Gasteiger partial charge in [0.2, 0.25) is 0 Å². The monoisotopic (exact) mass is 289 g/mol. The summed E-state index contributed by atoms with van der Waals surface area (Å²) in [7, 11) is 1.89. The Morgan fingerprint density at radius 1 is 1.52 bits per heavy atom. The first-order valence-electron chi connectivity index (χ1n) is 6.76. The first kappa shape index (κ1) is 15.0. The van der Waals surface area contributed by atoms with Crippen LogP contribution in [0.4, 0.5) is 0 Å². The number of carbonyl (C=O) groups excluding carboxylic acids is 1. The standard InChI is InChI=1S/C14H19N5O2/c1-5-7-21-14(20)13-10(3)19(17-15-13)9-12-8-11(6-2)16-18(12)4/h5,8H,1,6-7,9H2,2-4H3. The topological polar surface area (TPSA) is 74.8 Å². The molecule has 7 heteroatoms. The minimum Gasteiger partial charge on any atom is -0.457 e. The minimum atomic E-state index is -0.488. The molecule has 2 heterocycles. The molecule has 2 aromatic heterocycles. The molecule has 7 nitrogen and oxygen atoms in total. The quantitative estimate of drug-likeness (QED) is 0.591. The molecule has 0 saturated heterocycles. The van der Waals surface area contributed by atoms with Crippen LogP contribution in [0.3, 0.4) is 0 Å². The van der Waals surface area contributed by atoms with Gasteiger partial charge in [-0.3, -0.25) is 4.68 Å². The lowest BCUT2D eigenvalue weighted by Gasteiger charge is -2.04.